The molecule has 0 aromatic rings. The maximum absolute atomic E-state index is 3.23. The molecule has 1 rings (SSSR count). The van der Waals surface area contributed by atoms with Gasteiger partial charge in [-0.15, -0.1) is 5.92 Å². The van der Waals surface area contributed by atoms with Gasteiger partial charge in [-0.25, -0.2) is 0 Å². The number of hydrogen-bond donors (Lipinski definition) is 0. The molecule has 0 N–H and O–H groups in total. The molecule has 2 atom stereocenters. The third kappa shape index (κ3) is 1.64. The third-order valence-corrected chi connectivity index (χ3v) is 2.08. The Kier molecular flexibility index (Phi) is 2.57. The minimum atomic E-state index is 0.620. The van der Waals surface area contributed by atoms with E-state index < -0.39 is 0 Å². The molecule has 0 aromatic heterocycles. The van der Waals surface area contributed by atoms with Crippen molar-refractivity contribution in [3.8, 4) is 11.8 Å². The van der Waals surface area contributed by atoms with Crippen LogP contribution >= 0.6 is 0 Å². The Labute approximate surface area is 63.3 Å². The summed E-state index contributed by atoms with van der Waals surface area (Å²) in [6.45, 7) is 4.20. The highest BCUT2D eigenvalue weighted by Gasteiger charge is 2.14. The molecular weight excluding hydrogens is 120 g/mol. The summed E-state index contributed by atoms with van der Waals surface area (Å²) in [6.07, 6.45) is 6.87. The fourth-order valence-corrected chi connectivity index (χ4v) is 1.34. The molecule has 10 heavy (non-hydrogen) atoms. The minimum absolute atomic E-state index is 0.620. The van der Waals surface area contributed by atoms with Crippen molar-refractivity contribution in [1.29, 1.82) is 0 Å². The van der Waals surface area contributed by atoms with Crippen LogP contribution in [0.3, 0.4) is 0 Å². The Morgan fingerprint density at radius 3 is 2.60 bits per heavy atom. The molecule has 0 bridgehead atoms. The van der Waals surface area contributed by atoms with Crippen molar-refractivity contribution in [3.05, 3.63) is 12.2 Å². The topological polar surface area (TPSA) is 0 Å². The molecular formula is C10H14. The van der Waals surface area contributed by atoms with Gasteiger partial charge in [-0.3, -0.25) is 0 Å². The van der Waals surface area contributed by atoms with Gasteiger partial charge in [-0.1, -0.05) is 25.0 Å². The summed E-state index contributed by atoms with van der Waals surface area (Å²) in [5.74, 6) is 7.60. The molecule has 0 aromatic carbocycles. The second-order valence-corrected chi connectivity index (χ2v) is 2.92. The molecule has 0 heterocycles. The van der Waals surface area contributed by atoms with E-state index in [0.29, 0.717) is 5.92 Å². The van der Waals surface area contributed by atoms with Crippen LogP contribution in [0.2, 0.25) is 0 Å². The first-order chi connectivity index (χ1) is 4.84. The lowest BCUT2D eigenvalue weighted by Crippen LogP contribution is -2.11. The summed E-state index contributed by atoms with van der Waals surface area (Å²) < 4.78 is 0. The van der Waals surface area contributed by atoms with Gasteiger partial charge < -0.3 is 0 Å². The number of hydrogen-bond acceptors (Lipinski definition) is 0. The molecule has 0 aliphatic heterocycles. The van der Waals surface area contributed by atoms with Crippen molar-refractivity contribution in [1.82, 2.24) is 0 Å². The first-order valence-electron chi connectivity index (χ1n) is 3.92. The summed E-state index contributed by atoms with van der Waals surface area (Å²) in [6, 6.07) is 0. The van der Waals surface area contributed by atoms with E-state index in [9.17, 15) is 0 Å². The van der Waals surface area contributed by atoms with Gasteiger partial charge in [0.15, 0.2) is 0 Å². The van der Waals surface area contributed by atoms with Crippen molar-refractivity contribution < 1.29 is 0 Å². The summed E-state index contributed by atoms with van der Waals surface area (Å²) in [5.41, 5.74) is 0. The van der Waals surface area contributed by atoms with Gasteiger partial charge >= 0.3 is 0 Å². The van der Waals surface area contributed by atoms with E-state index in [1.165, 1.54) is 6.42 Å². The quantitative estimate of drug-likeness (QED) is 0.353. The van der Waals surface area contributed by atoms with Crippen LogP contribution in [-0.2, 0) is 0 Å². The molecule has 54 valence electrons. The van der Waals surface area contributed by atoms with E-state index in [1.54, 1.807) is 0 Å². The van der Waals surface area contributed by atoms with Crippen LogP contribution in [0.1, 0.15) is 26.7 Å². The lowest BCUT2D eigenvalue weighted by atomic mass is 9.85. The second-order valence-electron chi connectivity index (χ2n) is 2.92. The molecule has 0 nitrogen and oxygen atoms in total. The molecule has 0 amide bonds. The van der Waals surface area contributed by atoms with Gasteiger partial charge in [0, 0.05) is 5.92 Å². The van der Waals surface area contributed by atoms with Gasteiger partial charge in [-0.05, 0) is 25.7 Å². The maximum Gasteiger partial charge on any atom is 0.0265 e. The van der Waals surface area contributed by atoms with Crippen molar-refractivity contribution in [2.75, 3.05) is 0 Å². The summed E-state index contributed by atoms with van der Waals surface area (Å²) in [5, 5.41) is 0. The largest absolute Gasteiger partial charge is 0.106 e. The molecule has 0 radical (unpaired) electrons. The number of allylic oxidation sites excluding steroid dienone is 2. The highest BCUT2D eigenvalue weighted by atomic mass is 14.2. The van der Waals surface area contributed by atoms with Crippen LogP contribution in [0.25, 0.3) is 0 Å². The molecule has 1 unspecified atom stereocenters. The van der Waals surface area contributed by atoms with E-state index in [0.717, 1.165) is 12.3 Å². The fraction of sp³-hybridized carbons (Fsp3) is 0.600. The van der Waals surface area contributed by atoms with E-state index >= 15 is 0 Å². The first-order valence-corrected chi connectivity index (χ1v) is 3.92. The third-order valence-electron chi connectivity index (χ3n) is 2.08. The zero-order valence-corrected chi connectivity index (χ0v) is 6.72. The molecule has 0 fully saturated rings. The smallest absolute Gasteiger partial charge is 0.0265 e. The van der Waals surface area contributed by atoms with Crippen LogP contribution in [0.15, 0.2) is 12.2 Å². The summed E-state index contributed by atoms with van der Waals surface area (Å²) in [4.78, 5) is 0. The molecule has 0 spiro atoms. The van der Waals surface area contributed by atoms with Crippen LogP contribution in [0, 0.1) is 23.7 Å². The van der Waals surface area contributed by atoms with Crippen LogP contribution in [0.5, 0.6) is 0 Å². The average Bonchev–Trinajstić information content (AvgIpc) is 1.94. The van der Waals surface area contributed by atoms with Gasteiger partial charge in [-0.2, -0.15) is 0 Å². The SMILES string of the molecule is CC#CC1CC=CC[C@@H]1C. The van der Waals surface area contributed by atoms with Gasteiger partial charge in [0.2, 0.25) is 0 Å². The van der Waals surface area contributed by atoms with Crippen LogP contribution in [-0.4, -0.2) is 0 Å². The van der Waals surface area contributed by atoms with Crippen molar-refractivity contribution >= 4 is 0 Å². The van der Waals surface area contributed by atoms with E-state index in [4.69, 9.17) is 0 Å². The Morgan fingerprint density at radius 1 is 1.30 bits per heavy atom. The summed E-state index contributed by atoms with van der Waals surface area (Å²) in [7, 11) is 0. The predicted octanol–water partition coefficient (Wildman–Crippen LogP) is 2.61. The predicted molar refractivity (Wildman–Crippen MR) is 44.5 cm³/mol. The fourth-order valence-electron chi connectivity index (χ4n) is 1.34. The van der Waals surface area contributed by atoms with Crippen LogP contribution in [0.4, 0.5) is 0 Å². The minimum Gasteiger partial charge on any atom is -0.106 e. The molecule has 0 heteroatoms. The standard InChI is InChI=1S/C10H14/c1-3-6-10-8-5-4-7-9(10)2/h4-5,9-10H,7-8H2,1-2H3/t9-,10?/m0/s1. The highest BCUT2D eigenvalue weighted by Crippen LogP contribution is 2.23. The maximum atomic E-state index is 3.23. The summed E-state index contributed by atoms with van der Waals surface area (Å²) >= 11 is 0. The number of rotatable bonds is 0. The van der Waals surface area contributed by atoms with Crippen LogP contribution < -0.4 is 0 Å². The van der Waals surface area contributed by atoms with E-state index in [2.05, 4.69) is 30.9 Å². The monoisotopic (exact) mass is 134 g/mol. The second kappa shape index (κ2) is 3.46. The molecule has 1 aliphatic carbocycles. The molecule has 0 saturated carbocycles. The lowest BCUT2D eigenvalue weighted by molar-refractivity contribution is 0.433. The average molecular weight is 134 g/mol. The molecule has 0 saturated heterocycles. The van der Waals surface area contributed by atoms with Gasteiger partial charge in [0.25, 0.3) is 0 Å². The van der Waals surface area contributed by atoms with Gasteiger partial charge in [0.05, 0.1) is 0 Å². The van der Waals surface area contributed by atoms with E-state index in [1.807, 2.05) is 6.92 Å². The Balaban J connectivity index is 2.56. The van der Waals surface area contributed by atoms with E-state index in [-0.39, 0.29) is 0 Å². The zero-order chi connectivity index (χ0) is 7.40. The first kappa shape index (κ1) is 7.41. The molecule has 1 aliphatic rings. The van der Waals surface area contributed by atoms with Gasteiger partial charge in [0.1, 0.15) is 0 Å². The Morgan fingerprint density at radius 2 is 2.00 bits per heavy atom. The lowest BCUT2D eigenvalue weighted by Gasteiger charge is -2.19. The normalized spacial score (nSPS) is 31.0. The van der Waals surface area contributed by atoms with Crippen molar-refractivity contribution in [2.45, 2.75) is 26.7 Å². The highest BCUT2D eigenvalue weighted by molar-refractivity contribution is 5.08. The Hall–Kier alpha value is -0.700. The van der Waals surface area contributed by atoms with Crippen molar-refractivity contribution in [3.63, 3.8) is 0 Å². The Bertz CT molecular complexity index is 178. The van der Waals surface area contributed by atoms with Crippen molar-refractivity contribution in [2.24, 2.45) is 11.8 Å². The zero-order valence-electron chi connectivity index (χ0n) is 6.72.